The second kappa shape index (κ2) is 12.6. The Morgan fingerprint density at radius 2 is 0.820 bits per heavy atom. The summed E-state index contributed by atoms with van der Waals surface area (Å²) in [4.78, 5) is 5.40. The average Bonchev–Trinajstić information content (AvgIpc) is 3.91. The molecule has 0 bridgehead atoms. The molecule has 9 aromatic carbocycles. The van der Waals surface area contributed by atoms with Gasteiger partial charge in [-0.05, 0) is 99.4 Å². The quantitative estimate of drug-likeness (QED) is 0.163. The first kappa shape index (κ1) is 34.1. The molecule has 0 atom stereocenters. The van der Waals surface area contributed by atoms with Gasteiger partial charge in [0.2, 0.25) is 0 Å². The van der Waals surface area contributed by atoms with E-state index in [0.29, 0.717) is 0 Å². The summed E-state index contributed by atoms with van der Waals surface area (Å²) in [6.45, 7) is 4.71. The summed E-state index contributed by atoms with van der Waals surface area (Å²) in [5.74, 6) is 0. The predicted octanol–water partition coefficient (Wildman–Crippen LogP) is 15.2. The molecule has 61 heavy (non-hydrogen) atoms. The van der Waals surface area contributed by atoms with Gasteiger partial charge in [0.15, 0.2) is 0 Å². The molecule has 13 rings (SSSR count). The minimum atomic E-state index is -0.109. The second-order valence-corrected chi connectivity index (χ2v) is 17.1. The number of nitrogens with zero attached hydrogens (tertiary/aromatic N) is 3. The van der Waals surface area contributed by atoms with Crippen molar-refractivity contribution in [3.63, 3.8) is 0 Å². The zero-order chi connectivity index (χ0) is 40.4. The van der Waals surface area contributed by atoms with Crippen LogP contribution in [-0.4, -0.2) is 14.1 Å². The van der Waals surface area contributed by atoms with E-state index in [9.17, 15) is 0 Å². The Bertz CT molecular complexity index is 3550. The molecule has 0 saturated carbocycles. The summed E-state index contributed by atoms with van der Waals surface area (Å²) in [6.07, 6.45) is 0. The highest BCUT2D eigenvalue weighted by Gasteiger charge is 2.36. The summed E-state index contributed by atoms with van der Waals surface area (Å²) in [5, 5.41) is 8.61. The van der Waals surface area contributed by atoms with E-state index in [2.05, 4.69) is 223 Å². The third-order valence-electron chi connectivity index (χ3n) is 13.5. The van der Waals surface area contributed by atoms with Crippen LogP contribution >= 0.6 is 0 Å². The SMILES string of the molecule is CC1(C)c2ccccc2-c2cc3c(cc21)c(-c1ccc(-c2cc(-n4c5ccccc5c5ccccc54)cc(-n4c5ccccc5c5ccccc54)c2)cc1)nc1ccccc13. The molecule has 0 unspecified atom stereocenters. The molecule has 286 valence electrons. The van der Waals surface area contributed by atoms with Crippen LogP contribution in [0, 0.1) is 0 Å². The minimum Gasteiger partial charge on any atom is -0.309 e. The molecule has 3 aromatic heterocycles. The van der Waals surface area contributed by atoms with Crippen LogP contribution in [0.25, 0.3) is 110 Å². The van der Waals surface area contributed by atoms with Crippen LogP contribution in [-0.2, 0) is 5.41 Å². The summed E-state index contributed by atoms with van der Waals surface area (Å²) in [6, 6.07) is 73.6. The zero-order valence-electron chi connectivity index (χ0n) is 33.9. The monoisotopic (exact) mass is 777 g/mol. The fourth-order valence-corrected chi connectivity index (χ4v) is 10.6. The van der Waals surface area contributed by atoms with Gasteiger partial charge in [-0.15, -0.1) is 0 Å². The van der Waals surface area contributed by atoms with E-state index in [1.807, 2.05) is 0 Å². The molecule has 1 aliphatic rings. The van der Waals surface area contributed by atoms with Crippen LogP contribution < -0.4 is 0 Å². The highest BCUT2D eigenvalue weighted by atomic mass is 15.0. The van der Waals surface area contributed by atoms with Crippen molar-refractivity contribution in [2.75, 3.05) is 0 Å². The maximum Gasteiger partial charge on any atom is 0.0788 e. The van der Waals surface area contributed by atoms with Crippen molar-refractivity contribution < 1.29 is 0 Å². The van der Waals surface area contributed by atoms with Crippen molar-refractivity contribution in [3.8, 4) is 44.9 Å². The molecule has 0 aliphatic heterocycles. The molecule has 0 amide bonds. The first-order valence-electron chi connectivity index (χ1n) is 21.2. The Labute approximate surface area is 353 Å². The van der Waals surface area contributed by atoms with E-state index in [0.717, 1.165) is 39.3 Å². The van der Waals surface area contributed by atoms with Crippen molar-refractivity contribution in [2.45, 2.75) is 19.3 Å². The number of hydrogen-bond donors (Lipinski definition) is 0. The van der Waals surface area contributed by atoms with Crippen LogP contribution in [0.4, 0.5) is 0 Å². The van der Waals surface area contributed by atoms with Gasteiger partial charge in [0.05, 0.1) is 33.3 Å². The first-order valence-corrected chi connectivity index (χ1v) is 21.2. The minimum absolute atomic E-state index is 0.109. The molecule has 1 aliphatic carbocycles. The van der Waals surface area contributed by atoms with Gasteiger partial charge in [-0.3, -0.25) is 0 Å². The number of pyridine rings is 1. The molecule has 3 heteroatoms. The van der Waals surface area contributed by atoms with Crippen LogP contribution in [0.15, 0.2) is 200 Å². The van der Waals surface area contributed by atoms with Crippen molar-refractivity contribution in [1.29, 1.82) is 0 Å². The van der Waals surface area contributed by atoms with E-state index in [4.69, 9.17) is 4.98 Å². The van der Waals surface area contributed by atoms with Gasteiger partial charge in [0.1, 0.15) is 0 Å². The van der Waals surface area contributed by atoms with Gasteiger partial charge in [-0.25, -0.2) is 4.98 Å². The lowest BCUT2D eigenvalue weighted by Gasteiger charge is -2.22. The Hall–Kier alpha value is -7.75. The smallest absolute Gasteiger partial charge is 0.0788 e. The predicted molar refractivity (Wildman–Crippen MR) is 256 cm³/mol. The van der Waals surface area contributed by atoms with Crippen molar-refractivity contribution >= 4 is 65.3 Å². The molecule has 3 nitrogen and oxygen atoms in total. The molecule has 0 radical (unpaired) electrons. The summed E-state index contributed by atoms with van der Waals surface area (Å²) in [7, 11) is 0. The Kier molecular flexibility index (Phi) is 7.07. The van der Waals surface area contributed by atoms with Gasteiger partial charge >= 0.3 is 0 Å². The second-order valence-electron chi connectivity index (χ2n) is 17.1. The average molecular weight is 778 g/mol. The third-order valence-corrected chi connectivity index (χ3v) is 13.5. The normalized spacial score (nSPS) is 13.2. The largest absolute Gasteiger partial charge is 0.309 e. The molecule has 0 fully saturated rings. The van der Waals surface area contributed by atoms with Crippen molar-refractivity contribution in [3.05, 3.63) is 211 Å². The van der Waals surface area contributed by atoms with Crippen LogP contribution in [0.5, 0.6) is 0 Å². The molecular weight excluding hydrogens is 739 g/mol. The molecule has 0 saturated heterocycles. The number of hydrogen-bond acceptors (Lipinski definition) is 1. The number of fused-ring (bicyclic) bond motifs is 12. The number of rotatable bonds is 4. The standard InChI is InChI=1S/C58H39N3/c1-58(2)50-21-9-3-15-41(50)48-34-47-42-16-4-10-22-52(42)59-57(49(47)35-51(48)58)37-29-27-36(28-30-37)38-31-39(60-53-23-11-5-17-43(53)44-18-6-12-24-54(44)60)33-40(32-38)61-55-25-13-7-19-45(55)46-20-8-14-26-56(46)61/h3-35H,1-2H3. The fourth-order valence-electron chi connectivity index (χ4n) is 10.6. The first-order chi connectivity index (χ1) is 30.0. The molecule has 0 N–H and O–H groups in total. The number of para-hydroxylation sites is 5. The maximum atomic E-state index is 5.40. The Balaban J connectivity index is 1.03. The third kappa shape index (κ3) is 4.89. The summed E-state index contributed by atoms with van der Waals surface area (Å²) < 4.78 is 4.87. The van der Waals surface area contributed by atoms with Gasteiger partial charge in [0, 0.05) is 54.7 Å². The van der Waals surface area contributed by atoms with E-state index in [-0.39, 0.29) is 5.41 Å². The lowest BCUT2D eigenvalue weighted by Crippen LogP contribution is -2.14. The Morgan fingerprint density at radius 3 is 1.39 bits per heavy atom. The van der Waals surface area contributed by atoms with E-state index < -0.39 is 0 Å². The van der Waals surface area contributed by atoms with E-state index >= 15 is 0 Å². The van der Waals surface area contributed by atoms with Crippen LogP contribution in [0.3, 0.4) is 0 Å². The van der Waals surface area contributed by atoms with E-state index in [1.165, 1.54) is 82.0 Å². The maximum absolute atomic E-state index is 5.40. The molecular formula is C58H39N3. The van der Waals surface area contributed by atoms with Crippen molar-refractivity contribution in [2.24, 2.45) is 0 Å². The summed E-state index contributed by atoms with van der Waals surface area (Å²) >= 11 is 0. The highest BCUT2D eigenvalue weighted by molar-refractivity contribution is 6.14. The van der Waals surface area contributed by atoms with Gasteiger partial charge in [0.25, 0.3) is 0 Å². The number of benzene rings is 9. The van der Waals surface area contributed by atoms with Crippen LogP contribution in [0.1, 0.15) is 25.0 Å². The van der Waals surface area contributed by atoms with Gasteiger partial charge in [-0.2, -0.15) is 0 Å². The molecule has 12 aromatic rings. The van der Waals surface area contributed by atoms with Crippen LogP contribution in [0.2, 0.25) is 0 Å². The number of aromatic nitrogens is 3. The van der Waals surface area contributed by atoms with Crippen molar-refractivity contribution in [1.82, 2.24) is 14.1 Å². The van der Waals surface area contributed by atoms with E-state index in [1.54, 1.807) is 0 Å². The highest BCUT2D eigenvalue weighted by Crippen LogP contribution is 2.51. The topological polar surface area (TPSA) is 22.8 Å². The molecule has 0 spiro atoms. The van der Waals surface area contributed by atoms with Gasteiger partial charge < -0.3 is 9.13 Å². The summed E-state index contributed by atoms with van der Waals surface area (Å²) in [5.41, 5.74) is 17.7. The fraction of sp³-hybridized carbons (Fsp3) is 0.0517. The lowest BCUT2D eigenvalue weighted by molar-refractivity contribution is 0.661. The van der Waals surface area contributed by atoms with Gasteiger partial charge in [-0.1, -0.05) is 153 Å². The lowest BCUT2D eigenvalue weighted by atomic mass is 9.81. The Morgan fingerprint density at radius 1 is 0.344 bits per heavy atom. The zero-order valence-corrected chi connectivity index (χ0v) is 33.9. The molecule has 3 heterocycles.